The molecule has 1 N–H and O–H groups in total. The molecule has 0 aliphatic heterocycles. The molecule has 0 amide bonds. The maximum absolute atomic E-state index is 4.69. The minimum Gasteiger partial charge on any atom is -0.354 e. The van der Waals surface area contributed by atoms with E-state index in [1.54, 1.807) is 11.3 Å². The zero-order valence-corrected chi connectivity index (χ0v) is 12.4. The van der Waals surface area contributed by atoms with Gasteiger partial charge in [0, 0.05) is 21.8 Å². The van der Waals surface area contributed by atoms with Crippen LogP contribution in [0.4, 0.5) is 0 Å². The quantitative estimate of drug-likeness (QED) is 0.535. The predicted molar refractivity (Wildman–Crippen MR) is 89.6 cm³/mol. The molecule has 0 fully saturated rings. The lowest BCUT2D eigenvalue weighted by atomic mass is 10.0. The molecule has 4 aromatic rings. The molecule has 0 saturated heterocycles. The summed E-state index contributed by atoms with van der Waals surface area (Å²) in [6.07, 6.45) is 0. The molecule has 0 radical (unpaired) electrons. The molecule has 0 spiro atoms. The van der Waals surface area contributed by atoms with Gasteiger partial charge < -0.3 is 4.98 Å². The molecule has 21 heavy (non-hydrogen) atoms. The molecule has 2 aromatic carbocycles. The third kappa shape index (κ3) is 2.06. The SMILES string of the molecule is Cc1nc(-c2c(-c3ccccc3)[nH]c3ccccc23)cs1. The Labute approximate surface area is 127 Å². The van der Waals surface area contributed by atoms with E-state index in [9.17, 15) is 0 Å². The number of aromatic nitrogens is 2. The molecule has 4 rings (SSSR count). The van der Waals surface area contributed by atoms with Crippen molar-refractivity contribution in [1.29, 1.82) is 0 Å². The van der Waals surface area contributed by atoms with E-state index < -0.39 is 0 Å². The molecular formula is C18H14N2S. The second kappa shape index (κ2) is 4.86. The highest BCUT2D eigenvalue weighted by molar-refractivity contribution is 7.09. The van der Waals surface area contributed by atoms with Gasteiger partial charge >= 0.3 is 0 Å². The van der Waals surface area contributed by atoms with E-state index in [-0.39, 0.29) is 0 Å². The number of thiazole rings is 1. The number of para-hydroxylation sites is 1. The van der Waals surface area contributed by atoms with Gasteiger partial charge in [-0.15, -0.1) is 11.3 Å². The van der Waals surface area contributed by atoms with Crippen LogP contribution in [0.1, 0.15) is 5.01 Å². The minimum atomic E-state index is 1.05. The van der Waals surface area contributed by atoms with Crippen molar-refractivity contribution in [2.24, 2.45) is 0 Å². The van der Waals surface area contributed by atoms with Crippen molar-refractivity contribution in [2.45, 2.75) is 6.92 Å². The maximum Gasteiger partial charge on any atom is 0.0901 e. The van der Waals surface area contributed by atoms with Crippen molar-refractivity contribution in [1.82, 2.24) is 9.97 Å². The summed E-state index contributed by atoms with van der Waals surface area (Å²) in [7, 11) is 0. The fourth-order valence-corrected chi connectivity index (χ4v) is 3.31. The third-order valence-corrected chi connectivity index (χ3v) is 4.42. The number of aryl methyl sites for hydroxylation is 1. The average molecular weight is 290 g/mol. The minimum absolute atomic E-state index is 1.05. The van der Waals surface area contributed by atoms with Crippen molar-refractivity contribution >= 4 is 22.2 Å². The Kier molecular flexibility index (Phi) is 2.86. The van der Waals surface area contributed by atoms with Gasteiger partial charge in [-0.3, -0.25) is 0 Å². The number of H-pyrrole nitrogens is 1. The molecule has 0 atom stereocenters. The number of aromatic amines is 1. The molecule has 2 nitrogen and oxygen atoms in total. The van der Waals surface area contributed by atoms with Crippen molar-refractivity contribution in [3.8, 4) is 22.5 Å². The van der Waals surface area contributed by atoms with Gasteiger partial charge in [-0.1, -0.05) is 48.5 Å². The van der Waals surface area contributed by atoms with E-state index >= 15 is 0 Å². The Hall–Kier alpha value is -2.39. The highest BCUT2D eigenvalue weighted by atomic mass is 32.1. The first-order valence-electron chi connectivity index (χ1n) is 6.91. The topological polar surface area (TPSA) is 28.7 Å². The molecule has 102 valence electrons. The van der Waals surface area contributed by atoms with Gasteiger partial charge in [0.05, 0.1) is 16.4 Å². The summed E-state index contributed by atoms with van der Waals surface area (Å²) in [5.41, 5.74) is 5.73. The highest BCUT2D eigenvalue weighted by Crippen LogP contribution is 2.38. The zero-order valence-electron chi connectivity index (χ0n) is 11.6. The van der Waals surface area contributed by atoms with Gasteiger partial charge in [0.2, 0.25) is 0 Å². The summed E-state index contributed by atoms with van der Waals surface area (Å²) < 4.78 is 0. The second-order valence-electron chi connectivity index (χ2n) is 5.04. The average Bonchev–Trinajstić information content (AvgIpc) is 3.11. The molecular weight excluding hydrogens is 276 g/mol. The Morgan fingerprint density at radius 1 is 0.952 bits per heavy atom. The lowest BCUT2D eigenvalue weighted by molar-refractivity contribution is 1.30. The van der Waals surface area contributed by atoms with Crippen LogP contribution in [-0.2, 0) is 0 Å². The monoisotopic (exact) mass is 290 g/mol. The van der Waals surface area contributed by atoms with E-state index in [1.807, 2.05) is 13.0 Å². The van der Waals surface area contributed by atoms with Gasteiger partial charge in [-0.05, 0) is 18.6 Å². The van der Waals surface area contributed by atoms with Crippen molar-refractivity contribution < 1.29 is 0 Å². The van der Waals surface area contributed by atoms with Crippen molar-refractivity contribution in [3.05, 3.63) is 65.0 Å². The van der Waals surface area contributed by atoms with Crippen LogP contribution in [0.2, 0.25) is 0 Å². The molecule has 3 heteroatoms. The largest absolute Gasteiger partial charge is 0.354 e. The van der Waals surface area contributed by atoms with Crippen LogP contribution < -0.4 is 0 Å². The summed E-state index contributed by atoms with van der Waals surface area (Å²) in [6, 6.07) is 18.8. The number of fused-ring (bicyclic) bond motifs is 1. The Balaban J connectivity index is 2.06. The number of rotatable bonds is 2. The van der Waals surface area contributed by atoms with Gasteiger partial charge in [-0.25, -0.2) is 4.98 Å². The van der Waals surface area contributed by atoms with Crippen LogP contribution in [0.25, 0.3) is 33.4 Å². The summed E-state index contributed by atoms with van der Waals surface area (Å²) in [4.78, 5) is 8.24. The molecule has 2 aromatic heterocycles. The summed E-state index contributed by atoms with van der Waals surface area (Å²) in [5.74, 6) is 0. The molecule has 0 aliphatic carbocycles. The smallest absolute Gasteiger partial charge is 0.0901 e. The number of nitrogens with one attached hydrogen (secondary N) is 1. The lowest BCUT2D eigenvalue weighted by Gasteiger charge is -2.02. The van der Waals surface area contributed by atoms with E-state index in [0.717, 1.165) is 21.9 Å². The van der Waals surface area contributed by atoms with E-state index in [1.165, 1.54) is 16.5 Å². The normalized spacial score (nSPS) is 11.1. The van der Waals surface area contributed by atoms with Crippen LogP contribution in [0.3, 0.4) is 0 Å². The number of hydrogen-bond acceptors (Lipinski definition) is 2. The standard InChI is InChI=1S/C18H14N2S/c1-12-19-16(11-21-12)17-14-9-5-6-10-15(14)20-18(17)13-7-3-2-4-8-13/h2-11,20H,1H3. The van der Waals surface area contributed by atoms with Crippen molar-refractivity contribution in [2.75, 3.05) is 0 Å². The van der Waals surface area contributed by atoms with Crippen molar-refractivity contribution in [3.63, 3.8) is 0 Å². The predicted octanol–water partition coefficient (Wildman–Crippen LogP) is 5.27. The Morgan fingerprint density at radius 2 is 1.71 bits per heavy atom. The van der Waals surface area contributed by atoms with E-state index in [4.69, 9.17) is 0 Å². The van der Waals surface area contributed by atoms with Crippen LogP contribution in [0.15, 0.2) is 60.0 Å². The molecule has 2 heterocycles. The number of nitrogens with zero attached hydrogens (tertiary/aromatic N) is 1. The molecule has 0 unspecified atom stereocenters. The number of benzene rings is 2. The van der Waals surface area contributed by atoms with Gasteiger partial charge in [0.25, 0.3) is 0 Å². The fourth-order valence-electron chi connectivity index (χ4n) is 2.71. The van der Waals surface area contributed by atoms with Gasteiger partial charge in [-0.2, -0.15) is 0 Å². The van der Waals surface area contributed by atoms with Crippen LogP contribution >= 0.6 is 11.3 Å². The van der Waals surface area contributed by atoms with Gasteiger partial charge in [0.1, 0.15) is 0 Å². The summed E-state index contributed by atoms with van der Waals surface area (Å²) >= 11 is 1.69. The van der Waals surface area contributed by atoms with Crippen LogP contribution in [-0.4, -0.2) is 9.97 Å². The van der Waals surface area contributed by atoms with E-state index in [0.29, 0.717) is 0 Å². The van der Waals surface area contributed by atoms with E-state index in [2.05, 4.69) is 63.9 Å². The molecule has 0 bridgehead atoms. The third-order valence-electron chi connectivity index (χ3n) is 3.64. The Bertz CT molecular complexity index is 903. The second-order valence-corrected chi connectivity index (χ2v) is 6.10. The zero-order chi connectivity index (χ0) is 14.2. The number of hydrogen-bond donors (Lipinski definition) is 1. The Morgan fingerprint density at radius 3 is 2.48 bits per heavy atom. The first-order valence-corrected chi connectivity index (χ1v) is 7.79. The highest BCUT2D eigenvalue weighted by Gasteiger charge is 2.16. The lowest BCUT2D eigenvalue weighted by Crippen LogP contribution is -1.83. The summed E-state index contributed by atoms with van der Waals surface area (Å²) in [6.45, 7) is 2.05. The first kappa shape index (κ1) is 12.4. The first-order chi connectivity index (χ1) is 10.3. The van der Waals surface area contributed by atoms with Crippen LogP contribution in [0.5, 0.6) is 0 Å². The van der Waals surface area contributed by atoms with Gasteiger partial charge in [0.15, 0.2) is 0 Å². The molecule has 0 aliphatic rings. The fraction of sp³-hybridized carbons (Fsp3) is 0.0556. The molecule has 0 saturated carbocycles. The maximum atomic E-state index is 4.69. The summed E-state index contributed by atoms with van der Waals surface area (Å²) in [5, 5.41) is 4.45. The van der Waals surface area contributed by atoms with Crippen LogP contribution in [0, 0.1) is 6.92 Å².